The molecule has 0 unspecified atom stereocenters. The van der Waals surface area contributed by atoms with Gasteiger partial charge in [-0.25, -0.2) is 9.18 Å². The normalized spacial score (nSPS) is 13.9. The van der Waals surface area contributed by atoms with Gasteiger partial charge in [-0.1, -0.05) is 60.3 Å². The van der Waals surface area contributed by atoms with E-state index < -0.39 is 48.1 Å². The minimum atomic E-state index is -1.39. The van der Waals surface area contributed by atoms with Crippen molar-refractivity contribution in [2.24, 2.45) is 5.92 Å². The van der Waals surface area contributed by atoms with E-state index >= 15 is 0 Å². The molecule has 3 amide bonds. The van der Waals surface area contributed by atoms with Gasteiger partial charge < -0.3 is 10.1 Å². The topological polar surface area (TPSA) is 92.8 Å². The summed E-state index contributed by atoms with van der Waals surface area (Å²) < 4.78 is 18.0. The third kappa shape index (κ3) is 4.80. The highest BCUT2D eigenvalue weighted by Gasteiger charge is 2.48. The SMILES string of the molecule is CC(C)[C@H](C(=O)OCC(=O)Nc1ccc(F)cc1)N1C(=O)c2c(Cl)c(Cl)c(Cl)c(Cl)c2C1=O. The molecule has 12 heteroatoms. The van der Waals surface area contributed by atoms with Gasteiger partial charge in [-0.05, 0) is 30.2 Å². The summed E-state index contributed by atoms with van der Waals surface area (Å²) in [5.41, 5.74) is -0.251. The van der Waals surface area contributed by atoms with E-state index in [-0.39, 0.29) is 36.9 Å². The molecular formula is C21H15Cl4FN2O5. The Morgan fingerprint density at radius 1 is 0.939 bits per heavy atom. The number of fused-ring (bicyclic) bond motifs is 1. The number of imide groups is 1. The molecule has 1 heterocycles. The van der Waals surface area contributed by atoms with Crippen LogP contribution in [0.3, 0.4) is 0 Å². The summed E-state index contributed by atoms with van der Waals surface area (Å²) in [7, 11) is 0. The van der Waals surface area contributed by atoms with E-state index in [0.717, 1.165) is 12.1 Å². The van der Waals surface area contributed by atoms with Gasteiger partial charge in [0.05, 0.1) is 31.2 Å². The third-order valence-electron chi connectivity index (χ3n) is 4.76. The molecule has 1 aliphatic heterocycles. The number of benzene rings is 2. The van der Waals surface area contributed by atoms with Crippen molar-refractivity contribution in [3.05, 3.63) is 61.3 Å². The van der Waals surface area contributed by atoms with E-state index in [1.165, 1.54) is 12.1 Å². The zero-order valence-electron chi connectivity index (χ0n) is 17.0. The number of nitrogens with one attached hydrogen (secondary N) is 1. The van der Waals surface area contributed by atoms with Crippen LogP contribution in [0.2, 0.25) is 20.1 Å². The lowest BCUT2D eigenvalue weighted by Crippen LogP contribution is -2.49. The fourth-order valence-corrected chi connectivity index (χ4v) is 4.26. The van der Waals surface area contributed by atoms with Crippen LogP contribution in [0, 0.1) is 11.7 Å². The molecule has 174 valence electrons. The molecule has 0 spiro atoms. The average Bonchev–Trinajstić information content (AvgIpc) is 3.01. The van der Waals surface area contributed by atoms with E-state index in [1.54, 1.807) is 13.8 Å². The van der Waals surface area contributed by atoms with Crippen LogP contribution in [0.25, 0.3) is 0 Å². The smallest absolute Gasteiger partial charge is 0.330 e. The van der Waals surface area contributed by atoms with Gasteiger partial charge in [0.25, 0.3) is 17.7 Å². The number of carbonyl (C=O) groups is 4. The number of nitrogens with zero attached hydrogens (tertiary/aromatic N) is 1. The first-order valence-electron chi connectivity index (χ1n) is 9.41. The summed E-state index contributed by atoms with van der Waals surface area (Å²) in [5, 5.41) is 1.49. The first-order valence-corrected chi connectivity index (χ1v) is 10.9. The van der Waals surface area contributed by atoms with Gasteiger partial charge in [-0.3, -0.25) is 19.3 Å². The fourth-order valence-electron chi connectivity index (χ4n) is 3.25. The zero-order chi connectivity index (χ0) is 24.6. The Labute approximate surface area is 207 Å². The summed E-state index contributed by atoms with van der Waals surface area (Å²) in [6.07, 6.45) is 0. The maximum Gasteiger partial charge on any atom is 0.330 e. The molecule has 0 saturated heterocycles. The Bertz CT molecular complexity index is 1120. The highest BCUT2D eigenvalue weighted by atomic mass is 35.5. The summed E-state index contributed by atoms with van der Waals surface area (Å²) in [4.78, 5) is 51.6. The number of anilines is 1. The molecular weight excluding hydrogens is 521 g/mol. The molecule has 1 aliphatic rings. The second kappa shape index (κ2) is 9.85. The molecule has 1 N–H and O–H groups in total. The van der Waals surface area contributed by atoms with E-state index in [0.29, 0.717) is 4.90 Å². The van der Waals surface area contributed by atoms with E-state index in [2.05, 4.69) is 5.32 Å². The number of rotatable bonds is 6. The Balaban J connectivity index is 1.80. The van der Waals surface area contributed by atoms with Crippen LogP contribution in [-0.4, -0.2) is 41.2 Å². The highest BCUT2D eigenvalue weighted by molar-refractivity contribution is 6.55. The van der Waals surface area contributed by atoms with Gasteiger partial charge in [0, 0.05) is 5.69 Å². The summed E-state index contributed by atoms with van der Waals surface area (Å²) in [6.45, 7) is 2.45. The van der Waals surface area contributed by atoms with Crippen LogP contribution in [0.15, 0.2) is 24.3 Å². The van der Waals surface area contributed by atoms with Crippen LogP contribution < -0.4 is 5.32 Å². The minimum Gasteiger partial charge on any atom is -0.454 e. The van der Waals surface area contributed by atoms with Gasteiger partial charge in [0.1, 0.15) is 11.9 Å². The predicted octanol–water partition coefficient (Wildman–Crippen LogP) is 5.24. The van der Waals surface area contributed by atoms with E-state index in [4.69, 9.17) is 51.1 Å². The van der Waals surface area contributed by atoms with Crippen molar-refractivity contribution in [1.29, 1.82) is 0 Å². The van der Waals surface area contributed by atoms with Crippen LogP contribution in [0.4, 0.5) is 10.1 Å². The molecule has 7 nitrogen and oxygen atoms in total. The average molecular weight is 536 g/mol. The molecule has 0 aromatic heterocycles. The zero-order valence-corrected chi connectivity index (χ0v) is 20.1. The molecule has 33 heavy (non-hydrogen) atoms. The standard InChI is InChI=1S/C21H15Cl4FN2O5/c1-8(2)18(21(32)33-7-11(29)27-10-5-3-9(26)4-6-10)28-19(30)12-13(20(28)31)15(23)17(25)16(24)14(12)22/h3-6,8,18H,7H2,1-2H3,(H,27,29)/t18-/m1/s1. The van der Waals surface area contributed by atoms with E-state index in [9.17, 15) is 23.6 Å². The summed E-state index contributed by atoms with van der Waals surface area (Å²) >= 11 is 24.3. The Morgan fingerprint density at radius 3 is 1.88 bits per heavy atom. The van der Waals surface area contributed by atoms with Crippen molar-refractivity contribution in [3.8, 4) is 0 Å². The maximum absolute atomic E-state index is 13.0. The number of carbonyl (C=O) groups excluding carboxylic acids is 4. The van der Waals surface area contributed by atoms with Crippen LogP contribution in [0.5, 0.6) is 0 Å². The molecule has 0 saturated carbocycles. The van der Waals surface area contributed by atoms with Gasteiger partial charge in [-0.2, -0.15) is 0 Å². The lowest BCUT2D eigenvalue weighted by molar-refractivity contribution is -0.152. The Morgan fingerprint density at radius 2 is 1.42 bits per heavy atom. The molecule has 0 fully saturated rings. The lowest BCUT2D eigenvalue weighted by Gasteiger charge is -2.27. The van der Waals surface area contributed by atoms with Crippen LogP contribution in [-0.2, 0) is 14.3 Å². The van der Waals surface area contributed by atoms with Crippen LogP contribution >= 0.6 is 46.4 Å². The van der Waals surface area contributed by atoms with Crippen molar-refractivity contribution in [3.63, 3.8) is 0 Å². The second-order valence-electron chi connectivity index (χ2n) is 7.34. The van der Waals surface area contributed by atoms with Crippen molar-refractivity contribution in [2.45, 2.75) is 19.9 Å². The lowest BCUT2D eigenvalue weighted by atomic mass is 10.0. The van der Waals surface area contributed by atoms with Gasteiger partial charge in [0.2, 0.25) is 0 Å². The fraction of sp³-hybridized carbons (Fsp3) is 0.238. The number of hydrogen-bond acceptors (Lipinski definition) is 5. The Hall–Kier alpha value is -2.39. The summed E-state index contributed by atoms with van der Waals surface area (Å²) in [5.74, 6) is -4.58. The summed E-state index contributed by atoms with van der Waals surface area (Å²) in [6, 6.07) is 3.56. The molecule has 1 atom stereocenters. The number of esters is 1. The molecule has 3 rings (SSSR count). The number of amides is 3. The quantitative estimate of drug-likeness (QED) is 0.236. The minimum absolute atomic E-state index is 0.203. The number of ether oxygens (including phenoxy) is 1. The third-order valence-corrected chi connectivity index (χ3v) is 6.56. The molecule has 2 aromatic rings. The molecule has 0 radical (unpaired) electrons. The van der Waals surface area contributed by atoms with Gasteiger partial charge in [0.15, 0.2) is 6.61 Å². The van der Waals surface area contributed by atoms with Gasteiger partial charge >= 0.3 is 5.97 Å². The highest BCUT2D eigenvalue weighted by Crippen LogP contribution is 2.45. The van der Waals surface area contributed by atoms with Gasteiger partial charge in [-0.15, -0.1) is 0 Å². The largest absolute Gasteiger partial charge is 0.454 e. The Kier molecular flexibility index (Phi) is 7.53. The van der Waals surface area contributed by atoms with Crippen molar-refractivity contribution >= 4 is 75.8 Å². The molecule has 0 bridgehead atoms. The van der Waals surface area contributed by atoms with Crippen molar-refractivity contribution in [1.82, 2.24) is 4.90 Å². The van der Waals surface area contributed by atoms with Crippen LogP contribution in [0.1, 0.15) is 34.6 Å². The molecule has 2 aromatic carbocycles. The molecule has 0 aliphatic carbocycles. The van der Waals surface area contributed by atoms with Crippen molar-refractivity contribution in [2.75, 3.05) is 11.9 Å². The maximum atomic E-state index is 13.0. The number of hydrogen-bond donors (Lipinski definition) is 1. The van der Waals surface area contributed by atoms with Crippen molar-refractivity contribution < 1.29 is 28.3 Å². The first kappa shape index (κ1) is 25.2. The second-order valence-corrected chi connectivity index (χ2v) is 8.85. The van der Waals surface area contributed by atoms with E-state index in [1.807, 2.05) is 0 Å². The number of halogens is 5. The monoisotopic (exact) mass is 534 g/mol. The first-order chi connectivity index (χ1) is 15.5. The predicted molar refractivity (Wildman–Crippen MR) is 122 cm³/mol.